The minimum absolute atomic E-state index is 0.144. The van der Waals surface area contributed by atoms with Gasteiger partial charge in [-0.15, -0.1) is 0 Å². The molecule has 0 saturated carbocycles. The molecule has 1 aliphatic rings. The third kappa shape index (κ3) is 7.14. The Morgan fingerprint density at radius 2 is 1.81 bits per heavy atom. The maximum absolute atomic E-state index is 12.0. The van der Waals surface area contributed by atoms with Gasteiger partial charge < -0.3 is 19.5 Å². The van der Waals surface area contributed by atoms with Crippen LogP contribution in [-0.2, 0) is 17.9 Å². The standard InChI is InChI=1S/C25H33BrN2O4/c1-25(2,3)32-24(29)27-20-12-14-28(15-13-20)16-19-10-11-21(30-4)23(22(19)26)31-17-18-8-6-5-7-9-18/h5-11,20H,12-17H2,1-4H3,(H,27,29). The van der Waals surface area contributed by atoms with E-state index in [1.54, 1.807) is 7.11 Å². The van der Waals surface area contributed by atoms with Crippen molar-refractivity contribution in [2.45, 2.75) is 58.4 Å². The van der Waals surface area contributed by atoms with Crippen LogP contribution in [-0.4, -0.2) is 42.8 Å². The molecule has 7 heteroatoms. The summed E-state index contributed by atoms with van der Waals surface area (Å²) in [4.78, 5) is 14.4. The van der Waals surface area contributed by atoms with Gasteiger partial charge in [0.25, 0.3) is 0 Å². The molecule has 2 aromatic carbocycles. The molecule has 0 bridgehead atoms. The Morgan fingerprint density at radius 1 is 1.12 bits per heavy atom. The van der Waals surface area contributed by atoms with Crippen LogP contribution in [0.1, 0.15) is 44.7 Å². The number of likely N-dealkylation sites (tertiary alicyclic amines) is 1. The highest BCUT2D eigenvalue weighted by Crippen LogP contribution is 2.39. The molecule has 1 aliphatic heterocycles. The maximum atomic E-state index is 12.0. The van der Waals surface area contributed by atoms with Crippen molar-refractivity contribution in [1.82, 2.24) is 10.2 Å². The van der Waals surface area contributed by atoms with E-state index < -0.39 is 5.60 Å². The van der Waals surface area contributed by atoms with Gasteiger partial charge >= 0.3 is 6.09 Å². The Labute approximate surface area is 199 Å². The number of rotatable bonds is 7. The molecule has 1 N–H and O–H groups in total. The summed E-state index contributed by atoms with van der Waals surface area (Å²) < 4.78 is 17.9. The van der Waals surface area contributed by atoms with Gasteiger partial charge in [-0.05, 0) is 66.7 Å². The van der Waals surface area contributed by atoms with E-state index in [-0.39, 0.29) is 12.1 Å². The van der Waals surface area contributed by atoms with Crippen molar-refractivity contribution >= 4 is 22.0 Å². The lowest BCUT2D eigenvalue weighted by atomic mass is 10.0. The van der Waals surface area contributed by atoms with Gasteiger partial charge in [0, 0.05) is 25.7 Å². The predicted octanol–water partition coefficient (Wildman–Crippen LogP) is 5.53. The number of ether oxygens (including phenoxy) is 3. The first-order chi connectivity index (χ1) is 15.2. The van der Waals surface area contributed by atoms with E-state index in [0.29, 0.717) is 12.4 Å². The molecule has 32 heavy (non-hydrogen) atoms. The molecule has 1 amide bonds. The number of carbonyl (C=O) groups excluding carboxylic acids is 1. The fraction of sp³-hybridized carbons (Fsp3) is 0.480. The Bertz CT molecular complexity index is 891. The second kappa shape index (κ2) is 11.1. The molecule has 0 aromatic heterocycles. The van der Waals surface area contributed by atoms with Crippen LogP contribution in [0.15, 0.2) is 46.9 Å². The van der Waals surface area contributed by atoms with E-state index in [0.717, 1.165) is 53.8 Å². The zero-order valence-corrected chi connectivity index (χ0v) is 20.9. The summed E-state index contributed by atoms with van der Waals surface area (Å²) in [7, 11) is 1.65. The molecular weight excluding hydrogens is 472 g/mol. The van der Waals surface area contributed by atoms with Gasteiger partial charge in [-0.25, -0.2) is 4.79 Å². The molecule has 0 radical (unpaired) electrons. The van der Waals surface area contributed by atoms with Crippen molar-refractivity contribution in [1.29, 1.82) is 0 Å². The second-order valence-corrected chi connectivity index (χ2v) is 9.83. The molecule has 6 nitrogen and oxygen atoms in total. The molecule has 0 unspecified atom stereocenters. The molecule has 3 rings (SSSR count). The van der Waals surface area contributed by atoms with Crippen LogP contribution < -0.4 is 14.8 Å². The SMILES string of the molecule is COc1ccc(CN2CCC(NC(=O)OC(C)(C)C)CC2)c(Br)c1OCc1ccccc1. The number of hydrogen-bond donors (Lipinski definition) is 1. The Kier molecular flexibility index (Phi) is 8.43. The van der Waals surface area contributed by atoms with Crippen molar-refractivity contribution in [2.24, 2.45) is 0 Å². The molecule has 1 fully saturated rings. The van der Waals surface area contributed by atoms with Crippen LogP contribution in [0.2, 0.25) is 0 Å². The van der Waals surface area contributed by atoms with Crippen LogP contribution in [0.4, 0.5) is 4.79 Å². The van der Waals surface area contributed by atoms with E-state index in [9.17, 15) is 4.79 Å². The van der Waals surface area contributed by atoms with Gasteiger partial charge in [-0.2, -0.15) is 0 Å². The van der Waals surface area contributed by atoms with Crippen molar-refractivity contribution in [3.63, 3.8) is 0 Å². The van der Waals surface area contributed by atoms with Gasteiger partial charge in [-0.3, -0.25) is 4.90 Å². The summed E-state index contributed by atoms with van der Waals surface area (Å²) in [5.74, 6) is 1.42. The van der Waals surface area contributed by atoms with Crippen LogP contribution in [0.3, 0.4) is 0 Å². The number of nitrogens with zero attached hydrogens (tertiary/aromatic N) is 1. The average molecular weight is 505 g/mol. The highest BCUT2D eigenvalue weighted by Gasteiger charge is 2.24. The van der Waals surface area contributed by atoms with E-state index in [4.69, 9.17) is 14.2 Å². The largest absolute Gasteiger partial charge is 0.493 e. The van der Waals surface area contributed by atoms with Crippen LogP contribution in [0.25, 0.3) is 0 Å². The predicted molar refractivity (Wildman–Crippen MR) is 129 cm³/mol. The lowest BCUT2D eigenvalue weighted by Gasteiger charge is -2.33. The van der Waals surface area contributed by atoms with Crippen molar-refractivity contribution in [3.8, 4) is 11.5 Å². The first-order valence-electron chi connectivity index (χ1n) is 11.0. The number of methoxy groups -OCH3 is 1. The van der Waals surface area contributed by atoms with E-state index in [1.807, 2.05) is 57.2 Å². The highest BCUT2D eigenvalue weighted by atomic mass is 79.9. The Morgan fingerprint density at radius 3 is 2.44 bits per heavy atom. The first kappa shape index (κ1) is 24.4. The van der Waals surface area contributed by atoms with E-state index in [1.165, 1.54) is 0 Å². The number of carbonyl (C=O) groups is 1. The van der Waals surface area contributed by atoms with Gasteiger partial charge in [-0.1, -0.05) is 36.4 Å². The van der Waals surface area contributed by atoms with Gasteiger partial charge in [0.15, 0.2) is 11.5 Å². The molecule has 1 saturated heterocycles. The normalized spacial score (nSPS) is 15.3. The minimum atomic E-state index is -0.480. The minimum Gasteiger partial charge on any atom is -0.493 e. The number of piperidine rings is 1. The molecule has 174 valence electrons. The molecule has 0 atom stereocenters. The number of nitrogens with one attached hydrogen (secondary N) is 1. The molecule has 0 aliphatic carbocycles. The summed E-state index contributed by atoms with van der Waals surface area (Å²) in [6.07, 6.45) is 1.45. The topological polar surface area (TPSA) is 60.0 Å². The lowest BCUT2D eigenvalue weighted by Crippen LogP contribution is -2.45. The highest BCUT2D eigenvalue weighted by molar-refractivity contribution is 9.10. The summed E-state index contributed by atoms with van der Waals surface area (Å²) in [6, 6.07) is 14.3. The lowest BCUT2D eigenvalue weighted by molar-refractivity contribution is 0.0477. The number of hydrogen-bond acceptors (Lipinski definition) is 5. The summed E-state index contributed by atoms with van der Waals surface area (Å²) >= 11 is 3.74. The number of benzene rings is 2. The second-order valence-electron chi connectivity index (χ2n) is 9.04. The third-order valence-corrected chi connectivity index (χ3v) is 6.16. The fourth-order valence-electron chi connectivity index (χ4n) is 3.68. The summed E-state index contributed by atoms with van der Waals surface area (Å²) in [6.45, 7) is 8.70. The monoisotopic (exact) mass is 504 g/mol. The zero-order chi connectivity index (χ0) is 23.1. The average Bonchev–Trinajstić information content (AvgIpc) is 2.75. The van der Waals surface area contributed by atoms with Gasteiger partial charge in [0.05, 0.1) is 11.6 Å². The third-order valence-electron chi connectivity index (χ3n) is 5.29. The van der Waals surface area contributed by atoms with Crippen molar-refractivity contribution in [2.75, 3.05) is 20.2 Å². The van der Waals surface area contributed by atoms with Crippen LogP contribution in [0, 0.1) is 0 Å². The van der Waals surface area contributed by atoms with Crippen LogP contribution >= 0.6 is 15.9 Å². The van der Waals surface area contributed by atoms with E-state index >= 15 is 0 Å². The quantitative estimate of drug-likeness (QED) is 0.537. The van der Waals surface area contributed by atoms with E-state index in [2.05, 4.69) is 32.2 Å². The first-order valence-corrected chi connectivity index (χ1v) is 11.8. The number of amides is 1. The number of halogens is 1. The maximum Gasteiger partial charge on any atom is 0.407 e. The van der Waals surface area contributed by atoms with Gasteiger partial charge in [0.2, 0.25) is 0 Å². The van der Waals surface area contributed by atoms with Crippen molar-refractivity contribution < 1.29 is 19.0 Å². The molecule has 2 aromatic rings. The molecular formula is C25H33BrN2O4. The Balaban J connectivity index is 1.57. The molecule has 1 heterocycles. The Hall–Kier alpha value is -2.25. The van der Waals surface area contributed by atoms with Gasteiger partial charge in [0.1, 0.15) is 12.2 Å². The fourth-order valence-corrected chi connectivity index (χ4v) is 4.24. The number of alkyl carbamates (subject to hydrolysis) is 1. The van der Waals surface area contributed by atoms with Crippen LogP contribution in [0.5, 0.6) is 11.5 Å². The zero-order valence-electron chi connectivity index (χ0n) is 19.3. The molecule has 0 spiro atoms. The smallest absolute Gasteiger partial charge is 0.407 e. The van der Waals surface area contributed by atoms with Crippen molar-refractivity contribution in [3.05, 3.63) is 58.1 Å². The summed E-state index contributed by atoms with van der Waals surface area (Å²) in [5.41, 5.74) is 1.77. The summed E-state index contributed by atoms with van der Waals surface area (Å²) in [5, 5.41) is 2.99.